The molecule has 0 aromatic carbocycles. The molecule has 2 aromatic heterocycles. The van der Waals surface area contributed by atoms with Crippen LogP contribution in [0.25, 0.3) is 5.65 Å². The maximum atomic E-state index is 13.8. The highest BCUT2D eigenvalue weighted by atomic mass is 19.1. The van der Waals surface area contributed by atoms with Gasteiger partial charge in [-0.3, -0.25) is 9.20 Å². The molecular formula is C14H17FN4O. The monoisotopic (exact) mass is 276 g/mol. The lowest BCUT2D eigenvalue weighted by atomic mass is 9.87. The molecular weight excluding hydrogens is 259 g/mol. The van der Waals surface area contributed by atoms with Gasteiger partial charge in [0.1, 0.15) is 0 Å². The number of anilines is 1. The fourth-order valence-corrected chi connectivity index (χ4v) is 2.82. The fourth-order valence-electron chi connectivity index (χ4n) is 2.82. The summed E-state index contributed by atoms with van der Waals surface area (Å²) in [6, 6.07) is 0. The molecule has 2 aromatic rings. The number of rotatable bonds is 3. The van der Waals surface area contributed by atoms with Gasteiger partial charge in [0.05, 0.1) is 6.20 Å². The second-order valence-electron chi connectivity index (χ2n) is 5.31. The standard InChI is InChI=1S/C14H17FN4O/c15-13-14(19-7-6-16-11(19)9-17-13)18-12(20)8-10-4-2-1-3-5-10/h6-7,9-10H,1-5,8H2,(H,18,20). The van der Waals surface area contributed by atoms with Crippen LogP contribution in [0.4, 0.5) is 10.2 Å². The van der Waals surface area contributed by atoms with E-state index < -0.39 is 5.95 Å². The van der Waals surface area contributed by atoms with Crippen molar-refractivity contribution in [2.75, 3.05) is 5.32 Å². The minimum absolute atomic E-state index is 0.0702. The Morgan fingerprint density at radius 1 is 1.35 bits per heavy atom. The number of aromatic nitrogens is 3. The Morgan fingerprint density at radius 2 is 2.15 bits per heavy atom. The zero-order valence-electron chi connectivity index (χ0n) is 11.2. The summed E-state index contributed by atoms with van der Waals surface area (Å²) < 4.78 is 15.3. The first-order valence-corrected chi connectivity index (χ1v) is 7.01. The topological polar surface area (TPSA) is 59.3 Å². The van der Waals surface area contributed by atoms with Crippen molar-refractivity contribution in [2.45, 2.75) is 38.5 Å². The molecule has 3 rings (SSSR count). The van der Waals surface area contributed by atoms with E-state index >= 15 is 0 Å². The summed E-state index contributed by atoms with van der Waals surface area (Å²) in [5, 5.41) is 2.63. The number of halogens is 1. The highest BCUT2D eigenvalue weighted by Crippen LogP contribution is 2.26. The number of carbonyl (C=O) groups is 1. The molecule has 1 fully saturated rings. The van der Waals surface area contributed by atoms with Gasteiger partial charge in [0.25, 0.3) is 5.95 Å². The van der Waals surface area contributed by atoms with E-state index in [4.69, 9.17) is 0 Å². The summed E-state index contributed by atoms with van der Waals surface area (Å²) in [5.74, 6) is -0.353. The van der Waals surface area contributed by atoms with Crippen molar-refractivity contribution in [3.8, 4) is 0 Å². The van der Waals surface area contributed by atoms with E-state index in [2.05, 4.69) is 15.3 Å². The molecule has 0 unspecified atom stereocenters. The largest absolute Gasteiger partial charge is 0.308 e. The van der Waals surface area contributed by atoms with Crippen molar-refractivity contribution in [3.05, 3.63) is 24.5 Å². The van der Waals surface area contributed by atoms with Gasteiger partial charge in [-0.1, -0.05) is 19.3 Å². The highest BCUT2D eigenvalue weighted by Gasteiger charge is 2.19. The maximum absolute atomic E-state index is 13.8. The summed E-state index contributed by atoms with van der Waals surface area (Å²) >= 11 is 0. The van der Waals surface area contributed by atoms with Crippen molar-refractivity contribution in [3.63, 3.8) is 0 Å². The molecule has 0 saturated heterocycles. The first-order chi connectivity index (χ1) is 9.74. The van der Waals surface area contributed by atoms with Gasteiger partial charge in [-0.2, -0.15) is 4.39 Å². The van der Waals surface area contributed by atoms with Crippen molar-refractivity contribution in [2.24, 2.45) is 5.92 Å². The molecule has 0 aliphatic heterocycles. The Labute approximate surface area is 116 Å². The van der Waals surface area contributed by atoms with Gasteiger partial charge >= 0.3 is 0 Å². The molecule has 5 nitrogen and oxygen atoms in total. The SMILES string of the molecule is O=C(CC1CCCCC1)Nc1c(F)ncc2nccn12. The molecule has 2 heterocycles. The average molecular weight is 276 g/mol. The lowest BCUT2D eigenvalue weighted by molar-refractivity contribution is -0.117. The lowest BCUT2D eigenvalue weighted by Crippen LogP contribution is -2.20. The number of hydrogen-bond acceptors (Lipinski definition) is 3. The van der Waals surface area contributed by atoms with Gasteiger partial charge < -0.3 is 5.32 Å². The number of fused-ring (bicyclic) bond motifs is 1. The first kappa shape index (κ1) is 13.0. The summed E-state index contributed by atoms with van der Waals surface area (Å²) in [4.78, 5) is 19.7. The van der Waals surface area contributed by atoms with Gasteiger partial charge in [0.2, 0.25) is 5.91 Å². The molecule has 0 radical (unpaired) electrons. The molecule has 0 bridgehead atoms. The van der Waals surface area contributed by atoms with Gasteiger partial charge in [-0.25, -0.2) is 9.97 Å². The number of nitrogens with zero attached hydrogens (tertiary/aromatic N) is 3. The predicted molar refractivity (Wildman–Crippen MR) is 72.8 cm³/mol. The van der Waals surface area contributed by atoms with Crippen LogP contribution in [0.5, 0.6) is 0 Å². The third kappa shape index (κ3) is 2.64. The highest BCUT2D eigenvalue weighted by molar-refractivity contribution is 5.90. The molecule has 1 amide bonds. The van der Waals surface area contributed by atoms with Crippen molar-refractivity contribution in [1.82, 2.24) is 14.4 Å². The summed E-state index contributed by atoms with van der Waals surface area (Å²) in [6.07, 6.45) is 10.7. The van der Waals surface area contributed by atoms with Crippen molar-refractivity contribution < 1.29 is 9.18 Å². The molecule has 1 aliphatic carbocycles. The van der Waals surface area contributed by atoms with Crippen LogP contribution in [0.15, 0.2) is 18.6 Å². The van der Waals surface area contributed by atoms with Gasteiger partial charge in [0.15, 0.2) is 11.5 Å². The van der Waals surface area contributed by atoms with E-state index in [9.17, 15) is 9.18 Å². The normalized spacial score (nSPS) is 16.4. The van der Waals surface area contributed by atoms with E-state index in [1.807, 2.05) is 0 Å². The van der Waals surface area contributed by atoms with Crippen molar-refractivity contribution in [1.29, 1.82) is 0 Å². The van der Waals surface area contributed by atoms with Crippen LogP contribution in [-0.4, -0.2) is 20.3 Å². The predicted octanol–water partition coefficient (Wildman–Crippen LogP) is 2.78. The average Bonchev–Trinajstić information content (AvgIpc) is 2.92. The Bertz CT molecular complexity index is 619. The summed E-state index contributed by atoms with van der Waals surface area (Å²) in [6.45, 7) is 0. The van der Waals surface area contributed by atoms with Crippen LogP contribution in [0.3, 0.4) is 0 Å². The summed E-state index contributed by atoms with van der Waals surface area (Å²) in [5.41, 5.74) is 0.513. The third-order valence-corrected chi connectivity index (χ3v) is 3.86. The van der Waals surface area contributed by atoms with Gasteiger partial charge in [-0.05, 0) is 18.8 Å². The van der Waals surface area contributed by atoms with Crippen LogP contribution in [-0.2, 0) is 4.79 Å². The van der Waals surface area contributed by atoms with Crippen LogP contribution in [0.2, 0.25) is 0 Å². The molecule has 0 atom stereocenters. The van der Waals surface area contributed by atoms with E-state index in [1.165, 1.54) is 29.9 Å². The van der Waals surface area contributed by atoms with Crippen LogP contribution in [0, 0.1) is 11.9 Å². The number of amides is 1. The smallest absolute Gasteiger partial charge is 0.254 e. The fraction of sp³-hybridized carbons (Fsp3) is 0.500. The van der Waals surface area contributed by atoms with Crippen LogP contribution < -0.4 is 5.32 Å². The molecule has 6 heteroatoms. The minimum atomic E-state index is -0.688. The Hall–Kier alpha value is -1.98. The zero-order chi connectivity index (χ0) is 13.9. The van der Waals surface area contributed by atoms with Crippen molar-refractivity contribution >= 4 is 17.4 Å². The van der Waals surface area contributed by atoms with Crippen LogP contribution in [0.1, 0.15) is 38.5 Å². The lowest BCUT2D eigenvalue weighted by Gasteiger charge is -2.20. The van der Waals surface area contributed by atoms with E-state index in [-0.39, 0.29) is 11.7 Å². The molecule has 1 N–H and O–H groups in total. The Balaban J connectivity index is 1.73. The quantitative estimate of drug-likeness (QED) is 0.937. The number of carbonyl (C=O) groups excluding carboxylic acids is 1. The van der Waals surface area contributed by atoms with E-state index in [1.54, 1.807) is 12.4 Å². The molecule has 106 valence electrons. The second kappa shape index (κ2) is 5.56. The number of nitrogens with one attached hydrogen (secondary N) is 1. The van der Waals surface area contributed by atoms with E-state index in [0.29, 0.717) is 18.0 Å². The van der Waals surface area contributed by atoms with E-state index in [0.717, 1.165) is 12.8 Å². The van der Waals surface area contributed by atoms with Gasteiger partial charge in [0, 0.05) is 18.8 Å². The number of hydrogen-bond donors (Lipinski definition) is 1. The Morgan fingerprint density at radius 3 is 2.95 bits per heavy atom. The number of imidazole rings is 1. The maximum Gasteiger partial charge on any atom is 0.254 e. The molecule has 20 heavy (non-hydrogen) atoms. The minimum Gasteiger partial charge on any atom is -0.308 e. The van der Waals surface area contributed by atoms with Crippen LogP contribution >= 0.6 is 0 Å². The zero-order valence-corrected chi connectivity index (χ0v) is 11.2. The second-order valence-corrected chi connectivity index (χ2v) is 5.31. The summed E-state index contributed by atoms with van der Waals surface area (Å²) in [7, 11) is 0. The Kier molecular flexibility index (Phi) is 3.62. The molecule has 0 spiro atoms. The molecule has 1 saturated carbocycles. The van der Waals surface area contributed by atoms with Gasteiger partial charge in [-0.15, -0.1) is 0 Å². The first-order valence-electron chi connectivity index (χ1n) is 7.01. The third-order valence-electron chi connectivity index (χ3n) is 3.86. The molecule has 1 aliphatic rings.